The zero-order valence-corrected chi connectivity index (χ0v) is 11.2. The summed E-state index contributed by atoms with van der Waals surface area (Å²) in [7, 11) is 0. The number of hydrogen-bond donors (Lipinski definition) is 2. The number of hydrogen-bond acceptors (Lipinski definition) is 2. The van der Waals surface area contributed by atoms with E-state index < -0.39 is 11.7 Å². The van der Waals surface area contributed by atoms with E-state index in [4.69, 9.17) is 5.73 Å². The van der Waals surface area contributed by atoms with Gasteiger partial charge in [0.05, 0.1) is 5.56 Å². The van der Waals surface area contributed by atoms with Gasteiger partial charge in [-0.3, -0.25) is 4.79 Å². The fourth-order valence-electron chi connectivity index (χ4n) is 2.12. The molecule has 0 radical (unpaired) electrons. The van der Waals surface area contributed by atoms with E-state index in [1.807, 2.05) is 6.92 Å². The van der Waals surface area contributed by atoms with E-state index in [0.717, 1.165) is 12.8 Å². The number of carbonyl (C=O) groups excluding carboxylic acids is 1. The fraction of sp³-hybridized carbons (Fsp3) is 0.500. The van der Waals surface area contributed by atoms with Crippen LogP contribution >= 0.6 is 0 Å². The molecule has 1 amide bonds. The Bertz CT molecular complexity index is 416. The summed E-state index contributed by atoms with van der Waals surface area (Å²) in [6.07, 6.45) is 1.97. The maximum atomic E-state index is 13.5. The molecule has 0 heterocycles. The molecule has 18 heavy (non-hydrogen) atoms. The zero-order valence-electron chi connectivity index (χ0n) is 11.2. The van der Waals surface area contributed by atoms with Gasteiger partial charge in [0, 0.05) is 11.7 Å². The van der Waals surface area contributed by atoms with Crippen molar-refractivity contribution >= 4 is 11.6 Å². The van der Waals surface area contributed by atoms with E-state index in [-0.39, 0.29) is 11.6 Å². The van der Waals surface area contributed by atoms with E-state index in [9.17, 15) is 9.18 Å². The average Bonchev–Trinajstić information content (AvgIpc) is 2.33. The highest BCUT2D eigenvalue weighted by atomic mass is 19.1. The first-order valence-corrected chi connectivity index (χ1v) is 6.35. The van der Waals surface area contributed by atoms with Gasteiger partial charge in [-0.1, -0.05) is 26.7 Å². The van der Waals surface area contributed by atoms with Gasteiger partial charge in [0.15, 0.2) is 0 Å². The predicted molar refractivity (Wildman–Crippen MR) is 71.8 cm³/mol. The Morgan fingerprint density at radius 2 is 2.00 bits per heavy atom. The molecule has 1 unspecified atom stereocenters. The summed E-state index contributed by atoms with van der Waals surface area (Å²) in [5.74, 6) is -0.546. The molecule has 100 valence electrons. The van der Waals surface area contributed by atoms with Crippen molar-refractivity contribution in [3.8, 4) is 0 Å². The van der Waals surface area contributed by atoms with Crippen LogP contribution in [-0.4, -0.2) is 11.9 Å². The minimum absolute atomic E-state index is 0.00723. The summed E-state index contributed by atoms with van der Waals surface area (Å²) in [6, 6.07) is 4.04. The lowest BCUT2D eigenvalue weighted by Gasteiger charge is -2.22. The lowest BCUT2D eigenvalue weighted by molar-refractivity contribution is 0.0921. The normalized spacial score (nSPS) is 12.5. The number of nitrogens with two attached hydrogens (primary N) is 1. The first-order valence-electron chi connectivity index (χ1n) is 6.35. The van der Waals surface area contributed by atoms with Crippen LogP contribution in [0.4, 0.5) is 10.1 Å². The van der Waals surface area contributed by atoms with E-state index in [0.29, 0.717) is 11.6 Å². The van der Waals surface area contributed by atoms with Gasteiger partial charge in [0.25, 0.3) is 5.91 Å². The first-order chi connectivity index (χ1) is 8.49. The van der Waals surface area contributed by atoms with Crippen molar-refractivity contribution in [3.63, 3.8) is 0 Å². The molecule has 3 nitrogen and oxygen atoms in total. The van der Waals surface area contributed by atoms with Gasteiger partial charge in [0.2, 0.25) is 0 Å². The molecule has 0 saturated carbocycles. The molecular formula is C14H21FN2O. The molecule has 1 aromatic rings. The van der Waals surface area contributed by atoms with E-state index in [2.05, 4.69) is 19.2 Å². The Hall–Kier alpha value is -1.58. The number of amides is 1. The van der Waals surface area contributed by atoms with Crippen LogP contribution in [0.1, 0.15) is 44.0 Å². The highest BCUT2D eigenvalue weighted by Gasteiger charge is 2.18. The van der Waals surface area contributed by atoms with E-state index >= 15 is 0 Å². The molecule has 4 heteroatoms. The van der Waals surface area contributed by atoms with Gasteiger partial charge >= 0.3 is 0 Å². The number of anilines is 1. The van der Waals surface area contributed by atoms with Crippen molar-refractivity contribution in [2.24, 2.45) is 5.92 Å². The lowest BCUT2D eigenvalue weighted by atomic mass is 9.95. The molecule has 1 aromatic carbocycles. The molecule has 3 N–H and O–H groups in total. The lowest BCUT2D eigenvalue weighted by Crippen LogP contribution is -2.38. The third-order valence-electron chi connectivity index (χ3n) is 3.35. The number of benzene rings is 1. The van der Waals surface area contributed by atoms with Crippen LogP contribution in [0.3, 0.4) is 0 Å². The van der Waals surface area contributed by atoms with Crippen LogP contribution < -0.4 is 11.1 Å². The molecule has 0 saturated heterocycles. The van der Waals surface area contributed by atoms with Crippen LogP contribution in [0.25, 0.3) is 0 Å². The largest absolute Gasteiger partial charge is 0.399 e. The van der Waals surface area contributed by atoms with Crippen molar-refractivity contribution in [1.82, 2.24) is 5.32 Å². The fourth-order valence-corrected chi connectivity index (χ4v) is 2.12. The summed E-state index contributed by atoms with van der Waals surface area (Å²) in [5, 5.41) is 2.83. The average molecular weight is 252 g/mol. The van der Waals surface area contributed by atoms with E-state index in [1.165, 1.54) is 18.2 Å². The van der Waals surface area contributed by atoms with Crippen molar-refractivity contribution in [2.75, 3.05) is 5.73 Å². The Kier molecular flexibility index (Phi) is 5.13. The molecule has 0 aromatic heterocycles. The van der Waals surface area contributed by atoms with Gasteiger partial charge in [-0.15, -0.1) is 0 Å². The summed E-state index contributed by atoms with van der Waals surface area (Å²) in [4.78, 5) is 12.0. The minimum Gasteiger partial charge on any atom is -0.399 e. The second-order valence-electron chi connectivity index (χ2n) is 4.58. The second kappa shape index (κ2) is 6.38. The number of nitrogen functional groups attached to an aromatic ring is 1. The molecule has 1 rings (SSSR count). The molecule has 1 atom stereocenters. The van der Waals surface area contributed by atoms with Gasteiger partial charge in [-0.25, -0.2) is 4.39 Å². The monoisotopic (exact) mass is 252 g/mol. The SMILES string of the molecule is CCC(CC)C(C)NC(=O)c1cc(N)ccc1F. The van der Waals surface area contributed by atoms with Gasteiger partial charge in [-0.2, -0.15) is 0 Å². The second-order valence-corrected chi connectivity index (χ2v) is 4.58. The summed E-state index contributed by atoms with van der Waals surface area (Å²) >= 11 is 0. The standard InChI is InChI=1S/C14H21FN2O/c1-4-10(5-2)9(3)17-14(18)12-8-11(16)6-7-13(12)15/h6-10H,4-5,16H2,1-3H3,(H,17,18). The van der Waals surface area contributed by atoms with E-state index in [1.54, 1.807) is 0 Å². The smallest absolute Gasteiger partial charge is 0.254 e. The highest BCUT2D eigenvalue weighted by molar-refractivity contribution is 5.95. The number of carbonyl (C=O) groups is 1. The Morgan fingerprint density at radius 3 is 2.56 bits per heavy atom. The van der Waals surface area contributed by atoms with Crippen LogP contribution in [0.2, 0.25) is 0 Å². The maximum absolute atomic E-state index is 13.5. The van der Waals surface area contributed by atoms with Crippen LogP contribution in [-0.2, 0) is 0 Å². The summed E-state index contributed by atoms with van der Waals surface area (Å²) in [5.41, 5.74) is 5.95. The number of rotatable bonds is 5. The molecule has 0 aliphatic rings. The number of nitrogens with one attached hydrogen (secondary N) is 1. The van der Waals surface area contributed by atoms with Crippen LogP contribution in [0, 0.1) is 11.7 Å². The maximum Gasteiger partial charge on any atom is 0.254 e. The van der Waals surface area contributed by atoms with Crippen LogP contribution in [0.15, 0.2) is 18.2 Å². The van der Waals surface area contributed by atoms with Crippen molar-refractivity contribution < 1.29 is 9.18 Å². The van der Waals surface area contributed by atoms with Crippen molar-refractivity contribution in [2.45, 2.75) is 39.7 Å². The molecular weight excluding hydrogens is 231 g/mol. The van der Waals surface area contributed by atoms with Crippen molar-refractivity contribution in [1.29, 1.82) is 0 Å². The molecule has 0 bridgehead atoms. The topological polar surface area (TPSA) is 55.1 Å². The Balaban J connectivity index is 2.79. The third-order valence-corrected chi connectivity index (χ3v) is 3.35. The highest BCUT2D eigenvalue weighted by Crippen LogP contribution is 2.15. The Morgan fingerprint density at radius 1 is 1.39 bits per heavy atom. The number of halogens is 1. The molecule has 0 aliphatic carbocycles. The zero-order chi connectivity index (χ0) is 13.7. The van der Waals surface area contributed by atoms with Gasteiger partial charge < -0.3 is 11.1 Å². The quantitative estimate of drug-likeness (QED) is 0.792. The predicted octanol–water partition coefficient (Wildman–Crippen LogP) is 2.96. The molecule has 0 spiro atoms. The molecule has 0 aliphatic heterocycles. The van der Waals surface area contributed by atoms with Crippen LogP contribution in [0.5, 0.6) is 0 Å². The first kappa shape index (κ1) is 14.5. The van der Waals surface area contributed by atoms with Crippen molar-refractivity contribution in [3.05, 3.63) is 29.6 Å². The van der Waals surface area contributed by atoms with Gasteiger partial charge in [0.1, 0.15) is 5.82 Å². The summed E-state index contributed by atoms with van der Waals surface area (Å²) < 4.78 is 13.5. The van der Waals surface area contributed by atoms with Gasteiger partial charge in [-0.05, 0) is 31.0 Å². The summed E-state index contributed by atoms with van der Waals surface area (Å²) in [6.45, 7) is 6.11. The minimum atomic E-state index is -0.543. The Labute approximate surface area is 108 Å². The molecule has 0 fully saturated rings. The third kappa shape index (κ3) is 3.45.